The predicted octanol–water partition coefficient (Wildman–Crippen LogP) is 2.64. The molecule has 0 spiro atoms. The lowest BCUT2D eigenvalue weighted by molar-refractivity contribution is -0.145. The van der Waals surface area contributed by atoms with Gasteiger partial charge in [0.15, 0.2) is 0 Å². The molecule has 1 atom stereocenters. The van der Waals surface area contributed by atoms with E-state index in [4.69, 9.17) is 0 Å². The van der Waals surface area contributed by atoms with Crippen LogP contribution in [0.4, 0.5) is 0 Å². The summed E-state index contributed by atoms with van der Waals surface area (Å²) in [5.74, 6) is -2.22. The second-order valence-corrected chi connectivity index (χ2v) is 6.52. The third kappa shape index (κ3) is 4.45. The molecule has 6 nitrogen and oxygen atoms in total. The third-order valence-corrected chi connectivity index (χ3v) is 4.52. The maximum Gasteiger partial charge on any atom is 0.314 e. The Morgan fingerprint density at radius 3 is 2.20 bits per heavy atom. The van der Waals surface area contributed by atoms with E-state index in [1.54, 1.807) is 54.6 Å². The molecule has 0 saturated carbocycles. The number of hydrogen-bond acceptors (Lipinski definition) is 3. The summed E-state index contributed by atoms with van der Waals surface area (Å²) in [6.45, 7) is 1.47. The minimum absolute atomic E-state index is 0.317. The summed E-state index contributed by atoms with van der Waals surface area (Å²) >= 11 is 3.25. The second-order valence-electron chi connectivity index (χ2n) is 5.66. The van der Waals surface area contributed by atoms with Crippen LogP contribution in [0.5, 0.6) is 0 Å². The fraction of sp³-hybridized carbons (Fsp3) is 0.167. The number of carboxylic acids is 1. The lowest BCUT2D eigenvalue weighted by Gasteiger charge is -2.24. The van der Waals surface area contributed by atoms with Crippen molar-refractivity contribution in [1.82, 2.24) is 10.9 Å². The van der Waals surface area contributed by atoms with Crippen LogP contribution in [-0.2, 0) is 15.0 Å². The summed E-state index contributed by atoms with van der Waals surface area (Å²) in [6.07, 6.45) is -0.317. The number of aliphatic carboxylic acids is 1. The van der Waals surface area contributed by atoms with Gasteiger partial charge in [0.25, 0.3) is 5.91 Å². The highest BCUT2D eigenvalue weighted by molar-refractivity contribution is 9.10. The monoisotopic (exact) mass is 404 g/mol. The zero-order valence-electron chi connectivity index (χ0n) is 13.5. The maximum atomic E-state index is 12.2. The number of benzene rings is 2. The number of carboxylic acid groups (broad SMARTS) is 1. The second kappa shape index (κ2) is 7.94. The molecule has 0 bridgehead atoms. The average molecular weight is 405 g/mol. The number of nitrogens with one attached hydrogen (secondary N) is 2. The van der Waals surface area contributed by atoms with E-state index >= 15 is 0 Å². The molecule has 2 aromatic rings. The summed E-state index contributed by atoms with van der Waals surface area (Å²) in [7, 11) is 0. The standard InChI is InChI=1S/C18H17BrN2O4/c1-18(17(24)25,12-7-3-2-4-8-12)11-15(22)20-21-16(23)13-9-5-6-10-14(13)19/h2-10H,11H2,1H3,(H,20,22)(H,21,23)(H,24,25)/t18-/m1/s1. The molecular formula is C18H17BrN2O4. The molecule has 3 N–H and O–H groups in total. The van der Waals surface area contributed by atoms with E-state index in [1.165, 1.54) is 6.92 Å². The molecule has 7 heteroatoms. The Bertz CT molecular complexity index is 795. The van der Waals surface area contributed by atoms with E-state index in [2.05, 4.69) is 26.8 Å². The van der Waals surface area contributed by atoms with E-state index in [0.29, 0.717) is 15.6 Å². The summed E-state index contributed by atoms with van der Waals surface area (Å²) in [5, 5.41) is 9.55. The molecule has 25 heavy (non-hydrogen) atoms. The molecule has 0 radical (unpaired) electrons. The minimum atomic E-state index is -1.40. The first kappa shape index (κ1) is 18.7. The van der Waals surface area contributed by atoms with Crippen LogP contribution in [0.15, 0.2) is 59.1 Å². The van der Waals surface area contributed by atoms with Gasteiger partial charge in [-0.3, -0.25) is 25.2 Å². The first-order chi connectivity index (χ1) is 11.8. The topological polar surface area (TPSA) is 95.5 Å². The molecule has 0 fully saturated rings. The van der Waals surface area contributed by atoms with E-state index in [1.807, 2.05) is 0 Å². The van der Waals surface area contributed by atoms with Crippen molar-refractivity contribution in [3.63, 3.8) is 0 Å². The van der Waals surface area contributed by atoms with Crippen molar-refractivity contribution < 1.29 is 19.5 Å². The molecule has 2 amide bonds. The molecule has 0 aliphatic rings. The van der Waals surface area contributed by atoms with Crippen LogP contribution in [0.1, 0.15) is 29.3 Å². The average Bonchev–Trinajstić information content (AvgIpc) is 2.60. The molecule has 0 aliphatic heterocycles. The molecule has 0 aromatic heterocycles. The van der Waals surface area contributed by atoms with Gasteiger partial charge < -0.3 is 5.11 Å². The van der Waals surface area contributed by atoms with Crippen molar-refractivity contribution in [3.8, 4) is 0 Å². The van der Waals surface area contributed by atoms with Crippen molar-refractivity contribution in [2.75, 3.05) is 0 Å². The van der Waals surface area contributed by atoms with Crippen LogP contribution < -0.4 is 10.9 Å². The number of carbonyl (C=O) groups is 3. The van der Waals surface area contributed by atoms with Crippen molar-refractivity contribution in [2.45, 2.75) is 18.8 Å². The largest absolute Gasteiger partial charge is 0.481 e. The number of carbonyl (C=O) groups excluding carboxylic acids is 2. The van der Waals surface area contributed by atoms with Gasteiger partial charge in [0.1, 0.15) is 0 Å². The lowest BCUT2D eigenvalue weighted by atomic mass is 9.79. The number of hydrazine groups is 1. The number of amides is 2. The highest BCUT2D eigenvalue weighted by Gasteiger charge is 2.37. The van der Waals surface area contributed by atoms with Crippen molar-refractivity contribution in [3.05, 3.63) is 70.2 Å². The van der Waals surface area contributed by atoms with Gasteiger partial charge >= 0.3 is 5.97 Å². The highest BCUT2D eigenvalue weighted by Crippen LogP contribution is 2.27. The number of hydrogen-bond donors (Lipinski definition) is 3. The van der Waals surface area contributed by atoms with Gasteiger partial charge in [0, 0.05) is 10.9 Å². The number of rotatable bonds is 5. The van der Waals surface area contributed by atoms with E-state index in [-0.39, 0.29) is 6.42 Å². The molecule has 2 aromatic carbocycles. The van der Waals surface area contributed by atoms with Gasteiger partial charge in [-0.15, -0.1) is 0 Å². The lowest BCUT2D eigenvalue weighted by Crippen LogP contribution is -2.46. The van der Waals surface area contributed by atoms with Crippen LogP contribution in [-0.4, -0.2) is 22.9 Å². The summed E-state index contributed by atoms with van der Waals surface area (Å²) in [4.78, 5) is 35.9. The quantitative estimate of drug-likeness (QED) is 0.667. The van der Waals surface area contributed by atoms with Gasteiger partial charge in [-0.05, 0) is 40.5 Å². The van der Waals surface area contributed by atoms with Crippen LogP contribution in [0.25, 0.3) is 0 Å². The smallest absolute Gasteiger partial charge is 0.314 e. The van der Waals surface area contributed by atoms with Crippen molar-refractivity contribution >= 4 is 33.7 Å². The molecule has 0 heterocycles. The summed E-state index contributed by atoms with van der Waals surface area (Å²) in [6, 6.07) is 15.2. The van der Waals surface area contributed by atoms with Crippen LogP contribution >= 0.6 is 15.9 Å². The Labute approximate surface area is 153 Å². The van der Waals surface area contributed by atoms with Gasteiger partial charge in [-0.25, -0.2) is 0 Å². The van der Waals surface area contributed by atoms with Gasteiger partial charge in [0.2, 0.25) is 5.91 Å². The van der Waals surface area contributed by atoms with E-state index < -0.39 is 23.2 Å². The molecule has 0 aliphatic carbocycles. The Kier molecular flexibility index (Phi) is 5.93. The highest BCUT2D eigenvalue weighted by atomic mass is 79.9. The van der Waals surface area contributed by atoms with Gasteiger partial charge in [-0.2, -0.15) is 0 Å². The fourth-order valence-corrected chi connectivity index (χ4v) is 2.78. The SMILES string of the molecule is C[C@](CC(=O)NNC(=O)c1ccccc1Br)(C(=O)O)c1ccccc1. The van der Waals surface area contributed by atoms with Crippen LogP contribution in [0.3, 0.4) is 0 Å². The van der Waals surface area contributed by atoms with Crippen LogP contribution in [0, 0.1) is 0 Å². The maximum absolute atomic E-state index is 12.2. The zero-order valence-corrected chi connectivity index (χ0v) is 15.0. The van der Waals surface area contributed by atoms with Crippen molar-refractivity contribution in [2.24, 2.45) is 0 Å². The third-order valence-electron chi connectivity index (χ3n) is 3.83. The fourth-order valence-electron chi connectivity index (χ4n) is 2.31. The van der Waals surface area contributed by atoms with Gasteiger partial charge in [-0.1, -0.05) is 42.5 Å². The van der Waals surface area contributed by atoms with Crippen molar-refractivity contribution in [1.29, 1.82) is 0 Å². The Hall–Kier alpha value is -2.67. The first-order valence-electron chi connectivity index (χ1n) is 7.47. The summed E-state index contributed by atoms with van der Waals surface area (Å²) < 4.78 is 0.585. The Balaban J connectivity index is 2.04. The van der Waals surface area contributed by atoms with Gasteiger partial charge in [0.05, 0.1) is 11.0 Å². The normalized spacial score (nSPS) is 12.7. The Morgan fingerprint density at radius 1 is 1.00 bits per heavy atom. The number of halogens is 1. The minimum Gasteiger partial charge on any atom is -0.481 e. The Morgan fingerprint density at radius 2 is 1.60 bits per heavy atom. The first-order valence-corrected chi connectivity index (χ1v) is 8.26. The molecular weight excluding hydrogens is 388 g/mol. The molecule has 0 unspecified atom stereocenters. The van der Waals surface area contributed by atoms with Crippen LogP contribution in [0.2, 0.25) is 0 Å². The predicted molar refractivity (Wildman–Crippen MR) is 95.8 cm³/mol. The molecule has 0 saturated heterocycles. The van der Waals surface area contributed by atoms with E-state index in [0.717, 1.165) is 0 Å². The van der Waals surface area contributed by atoms with E-state index in [9.17, 15) is 19.5 Å². The molecule has 2 rings (SSSR count). The zero-order chi connectivity index (χ0) is 18.4. The molecule has 130 valence electrons. The summed E-state index contributed by atoms with van der Waals surface area (Å²) in [5.41, 5.74) is 4.02.